The molecule has 2 N–H and O–H groups in total. The number of carbonyl (C=O) groups excluding carboxylic acids is 1. The summed E-state index contributed by atoms with van der Waals surface area (Å²) in [5.41, 5.74) is 7.18. The molecule has 0 bridgehead atoms. The molecular weight excluding hydrogens is 280 g/mol. The SMILES string of the molecule is Cn1ccc([C@H]2C(C#N)=C(N)OC3=C2C(=O)CC(C)(C)C3)n1. The maximum Gasteiger partial charge on any atom is 0.205 e. The number of nitrogens with zero attached hydrogens (tertiary/aromatic N) is 3. The highest BCUT2D eigenvalue weighted by Gasteiger charge is 2.43. The van der Waals surface area contributed by atoms with Gasteiger partial charge in [0.15, 0.2) is 5.78 Å². The maximum absolute atomic E-state index is 12.7. The molecule has 3 rings (SSSR count). The molecule has 2 aliphatic rings. The number of carbonyl (C=O) groups is 1. The minimum absolute atomic E-state index is 0.00199. The summed E-state index contributed by atoms with van der Waals surface area (Å²) < 4.78 is 7.26. The fourth-order valence-electron chi connectivity index (χ4n) is 3.17. The molecule has 0 amide bonds. The molecule has 1 atom stereocenters. The van der Waals surface area contributed by atoms with Crippen LogP contribution >= 0.6 is 0 Å². The van der Waals surface area contributed by atoms with Gasteiger partial charge in [0.2, 0.25) is 5.88 Å². The number of allylic oxidation sites excluding steroid dienone is 3. The van der Waals surface area contributed by atoms with Crippen LogP contribution < -0.4 is 5.73 Å². The van der Waals surface area contributed by atoms with E-state index in [1.807, 2.05) is 13.8 Å². The second-order valence-corrected chi connectivity index (χ2v) is 6.62. The van der Waals surface area contributed by atoms with E-state index in [1.54, 1.807) is 24.0 Å². The first-order valence-electron chi connectivity index (χ1n) is 7.16. The van der Waals surface area contributed by atoms with Gasteiger partial charge in [0.1, 0.15) is 17.4 Å². The zero-order valence-corrected chi connectivity index (χ0v) is 12.9. The summed E-state index contributed by atoms with van der Waals surface area (Å²) >= 11 is 0. The number of nitrogens with two attached hydrogens (primary N) is 1. The van der Waals surface area contributed by atoms with E-state index >= 15 is 0 Å². The molecule has 6 nitrogen and oxygen atoms in total. The molecule has 0 unspecified atom stereocenters. The van der Waals surface area contributed by atoms with E-state index in [0.717, 1.165) is 0 Å². The Balaban J connectivity index is 2.17. The highest BCUT2D eigenvalue weighted by molar-refractivity contribution is 5.99. The monoisotopic (exact) mass is 298 g/mol. The molecule has 114 valence electrons. The molecule has 22 heavy (non-hydrogen) atoms. The molecule has 6 heteroatoms. The van der Waals surface area contributed by atoms with Crippen molar-refractivity contribution in [2.24, 2.45) is 18.2 Å². The fraction of sp³-hybridized carbons (Fsp3) is 0.438. The molecule has 0 radical (unpaired) electrons. The normalized spacial score (nSPS) is 23.9. The highest BCUT2D eigenvalue weighted by Crippen LogP contribution is 2.47. The summed E-state index contributed by atoms with van der Waals surface area (Å²) in [6.07, 6.45) is 2.83. The van der Waals surface area contributed by atoms with Crippen molar-refractivity contribution in [3.05, 3.63) is 40.7 Å². The molecule has 0 saturated carbocycles. The molecule has 2 heterocycles. The lowest BCUT2D eigenvalue weighted by atomic mass is 9.71. The van der Waals surface area contributed by atoms with E-state index in [4.69, 9.17) is 10.5 Å². The molecule has 0 spiro atoms. The van der Waals surface area contributed by atoms with Crippen LogP contribution in [-0.4, -0.2) is 15.6 Å². The van der Waals surface area contributed by atoms with Gasteiger partial charge in [0.25, 0.3) is 0 Å². The van der Waals surface area contributed by atoms with Crippen molar-refractivity contribution in [3.8, 4) is 6.07 Å². The second-order valence-electron chi connectivity index (χ2n) is 6.62. The van der Waals surface area contributed by atoms with E-state index < -0.39 is 5.92 Å². The van der Waals surface area contributed by atoms with Crippen molar-refractivity contribution in [1.29, 1.82) is 5.26 Å². The number of hydrogen-bond acceptors (Lipinski definition) is 5. The van der Waals surface area contributed by atoms with Crippen molar-refractivity contribution in [3.63, 3.8) is 0 Å². The number of ketones is 1. The Labute approximate surface area is 128 Å². The Morgan fingerprint density at radius 1 is 1.50 bits per heavy atom. The number of ether oxygens (including phenoxy) is 1. The van der Waals surface area contributed by atoms with Gasteiger partial charge in [-0.1, -0.05) is 13.8 Å². The minimum Gasteiger partial charge on any atom is -0.444 e. The Morgan fingerprint density at radius 3 is 2.82 bits per heavy atom. The Morgan fingerprint density at radius 2 is 2.23 bits per heavy atom. The number of aromatic nitrogens is 2. The van der Waals surface area contributed by atoms with Gasteiger partial charge >= 0.3 is 0 Å². The maximum atomic E-state index is 12.7. The molecule has 1 aliphatic heterocycles. The van der Waals surface area contributed by atoms with Gasteiger partial charge in [-0.25, -0.2) is 0 Å². The number of rotatable bonds is 1. The standard InChI is InChI=1S/C16H18N4O2/c1-16(2)6-11(21)14-12(7-16)22-15(18)9(8-17)13(14)10-4-5-20(3)19-10/h4-5,13H,6-7,18H2,1-3H3/t13-/m1/s1. The van der Waals surface area contributed by atoms with Crippen molar-refractivity contribution >= 4 is 5.78 Å². The smallest absolute Gasteiger partial charge is 0.205 e. The third-order valence-electron chi connectivity index (χ3n) is 4.11. The lowest BCUT2D eigenvalue weighted by Gasteiger charge is -2.36. The first-order valence-corrected chi connectivity index (χ1v) is 7.16. The van der Waals surface area contributed by atoms with Crippen LogP contribution in [0.4, 0.5) is 0 Å². The van der Waals surface area contributed by atoms with Crippen molar-refractivity contribution in [2.75, 3.05) is 0 Å². The van der Waals surface area contributed by atoms with Gasteiger partial charge in [-0.3, -0.25) is 9.48 Å². The Kier molecular flexibility index (Phi) is 3.10. The van der Waals surface area contributed by atoms with Crippen LogP contribution in [-0.2, 0) is 16.6 Å². The van der Waals surface area contributed by atoms with Gasteiger partial charge in [-0.15, -0.1) is 0 Å². The van der Waals surface area contributed by atoms with Crippen LogP contribution in [0.25, 0.3) is 0 Å². The Hall–Kier alpha value is -2.55. The minimum atomic E-state index is -0.529. The van der Waals surface area contributed by atoms with Gasteiger partial charge < -0.3 is 10.5 Å². The first-order chi connectivity index (χ1) is 10.3. The third kappa shape index (κ3) is 2.19. The third-order valence-corrected chi connectivity index (χ3v) is 4.11. The molecule has 0 fully saturated rings. The van der Waals surface area contributed by atoms with E-state index in [9.17, 15) is 10.1 Å². The van der Waals surface area contributed by atoms with Crippen molar-refractivity contribution < 1.29 is 9.53 Å². The summed E-state index contributed by atoms with van der Waals surface area (Å²) in [5, 5.41) is 13.8. The molecule has 1 aromatic heterocycles. The highest BCUT2D eigenvalue weighted by atomic mass is 16.5. The zero-order valence-electron chi connectivity index (χ0n) is 12.9. The number of aryl methyl sites for hydroxylation is 1. The lowest BCUT2D eigenvalue weighted by Crippen LogP contribution is -2.33. The zero-order chi connectivity index (χ0) is 16.1. The molecule has 1 aromatic rings. The van der Waals surface area contributed by atoms with Crippen molar-refractivity contribution in [1.82, 2.24) is 9.78 Å². The van der Waals surface area contributed by atoms with Gasteiger partial charge in [-0.2, -0.15) is 10.4 Å². The number of Topliss-reactive ketones (excluding diaryl/α,β-unsaturated/α-hetero) is 1. The summed E-state index contributed by atoms with van der Waals surface area (Å²) in [6.45, 7) is 4.04. The largest absolute Gasteiger partial charge is 0.444 e. The van der Waals surface area contributed by atoms with Crippen LogP contribution in [0.1, 0.15) is 38.3 Å². The van der Waals surface area contributed by atoms with Crippen LogP contribution in [0.15, 0.2) is 35.1 Å². The molecule has 1 aliphatic carbocycles. The van der Waals surface area contributed by atoms with Crippen LogP contribution in [0.2, 0.25) is 0 Å². The lowest BCUT2D eigenvalue weighted by molar-refractivity contribution is -0.119. The predicted octanol–water partition coefficient (Wildman–Crippen LogP) is 1.87. The van der Waals surface area contributed by atoms with Crippen LogP contribution in [0, 0.1) is 16.7 Å². The van der Waals surface area contributed by atoms with Gasteiger partial charge in [-0.05, 0) is 11.5 Å². The molecule has 0 aromatic carbocycles. The van der Waals surface area contributed by atoms with Crippen LogP contribution in [0.3, 0.4) is 0 Å². The summed E-state index contributed by atoms with van der Waals surface area (Å²) in [5.74, 6) is 0.122. The van der Waals surface area contributed by atoms with Crippen molar-refractivity contribution in [2.45, 2.75) is 32.6 Å². The quantitative estimate of drug-likeness (QED) is 0.854. The first kappa shape index (κ1) is 14.4. The van der Waals surface area contributed by atoms with E-state index in [-0.39, 0.29) is 22.7 Å². The summed E-state index contributed by atoms with van der Waals surface area (Å²) in [4.78, 5) is 12.7. The summed E-state index contributed by atoms with van der Waals surface area (Å²) in [7, 11) is 1.79. The van der Waals surface area contributed by atoms with Crippen LogP contribution in [0.5, 0.6) is 0 Å². The average Bonchev–Trinajstić information content (AvgIpc) is 2.82. The van der Waals surface area contributed by atoms with E-state index in [0.29, 0.717) is 29.9 Å². The average molecular weight is 298 g/mol. The second kappa shape index (κ2) is 4.73. The fourth-order valence-corrected chi connectivity index (χ4v) is 3.17. The van der Waals surface area contributed by atoms with Gasteiger partial charge in [0.05, 0.1) is 11.6 Å². The summed E-state index contributed by atoms with van der Waals surface area (Å²) in [6, 6.07) is 3.88. The number of nitriles is 1. The Bertz CT molecular complexity index is 761. The van der Waals surface area contributed by atoms with Gasteiger partial charge in [0, 0.05) is 31.7 Å². The van der Waals surface area contributed by atoms with E-state index in [2.05, 4.69) is 11.2 Å². The predicted molar refractivity (Wildman–Crippen MR) is 78.9 cm³/mol. The number of hydrogen-bond donors (Lipinski definition) is 1. The molecule has 0 saturated heterocycles. The van der Waals surface area contributed by atoms with E-state index in [1.165, 1.54) is 0 Å². The topological polar surface area (TPSA) is 93.9 Å². The molecular formula is C16H18N4O2.